The van der Waals surface area contributed by atoms with Gasteiger partial charge in [-0.05, 0) is 12.5 Å². The summed E-state index contributed by atoms with van der Waals surface area (Å²) in [4.78, 5) is 12.0. The van der Waals surface area contributed by atoms with Crippen molar-refractivity contribution in [1.82, 2.24) is 5.01 Å². The summed E-state index contributed by atoms with van der Waals surface area (Å²) in [5.41, 5.74) is 2.46. The summed E-state index contributed by atoms with van der Waals surface area (Å²) in [6.45, 7) is 0.607. The van der Waals surface area contributed by atoms with Crippen LogP contribution in [0.15, 0.2) is 59.7 Å². The Hall–Kier alpha value is -1.65. The van der Waals surface area contributed by atoms with Crippen LogP contribution in [-0.2, 0) is 4.79 Å². The molecule has 1 aliphatic rings. The zero-order chi connectivity index (χ0) is 15.5. The highest BCUT2D eigenvalue weighted by molar-refractivity contribution is 9.10. The first kappa shape index (κ1) is 15.3. The standard InChI is InChI=1S/C17H14BrClN2O/c18-14-10-11-21(17(14)22)20-16(12-6-2-1-3-7-12)13-8-4-5-9-15(13)19/h1-9,14H,10-11H2. The first-order chi connectivity index (χ1) is 10.7. The molecule has 1 heterocycles. The molecule has 2 aromatic rings. The average molecular weight is 378 g/mol. The van der Waals surface area contributed by atoms with Crippen molar-refractivity contribution in [2.75, 3.05) is 6.54 Å². The fraction of sp³-hybridized carbons (Fsp3) is 0.176. The molecule has 1 aliphatic heterocycles. The van der Waals surface area contributed by atoms with E-state index < -0.39 is 0 Å². The van der Waals surface area contributed by atoms with Crippen molar-refractivity contribution in [2.45, 2.75) is 11.2 Å². The molecule has 2 aromatic carbocycles. The summed E-state index contributed by atoms with van der Waals surface area (Å²) in [6, 6.07) is 17.3. The Kier molecular flexibility index (Phi) is 4.60. The first-order valence-corrected chi connectivity index (χ1v) is 8.30. The first-order valence-electron chi connectivity index (χ1n) is 7.01. The van der Waals surface area contributed by atoms with Crippen LogP contribution in [-0.4, -0.2) is 28.0 Å². The van der Waals surface area contributed by atoms with Crippen LogP contribution < -0.4 is 0 Å². The minimum atomic E-state index is -0.153. The molecular weight excluding hydrogens is 364 g/mol. The number of carbonyl (C=O) groups is 1. The maximum Gasteiger partial charge on any atom is 0.256 e. The Morgan fingerprint density at radius 2 is 1.82 bits per heavy atom. The van der Waals surface area contributed by atoms with Crippen LogP contribution in [0.3, 0.4) is 0 Å². The highest BCUT2D eigenvalue weighted by atomic mass is 79.9. The molecule has 1 atom stereocenters. The van der Waals surface area contributed by atoms with Gasteiger partial charge in [0.25, 0.3) is 5.91 Å². The molecule has 1 fully saturated rings. The number of hydrogen-bond donors (Lipinski definition) is 0. The number of amides is 1. The van der Waals surface area contributed by atoms with Crippen LogP contribution in [0.1, 0.15) is 17.5 Å². The van der Waals surface area contributed by atoms with E-state index in [0.29, 0.717) is 17.3 Å². The van der Waals surface area contributed by atoms with Gasteiger partial charge in [-0.25, -0.2) is 5.01 Å². The van der Waals surface area contributed by atoms with Crippen LogP contribution >= 0.6 is 27.5 Å². The third-order valence-electron chi connectivity index (χ3n) is 3.51. The Morgan fingerprint density at radius 1 is 1.14 bits per heavy atom. The normalized spacial score (nSPS) is 18.8. The summed E-state index contributed by atoms with van der Waals surface area (Å²) in [5.74, 6) is -0.0134. The lowest BCUT2D eigenvalue weighted by atomic mass is 10.0. The van der Waals surface area contributed by atoms with Gasteiger partial charge in [0.05, 0.1) is 15.6 Å². The van der Waals surface area contributed by atoms with E-state index in [1.165, 1.54) is 5.01 Å². The van der Waals surface area contributed by atoms with Gasteiger partial charge in [-0.2, -0.15) is 5.10 Å². The topological polar surface area (TPSA) is 32.7 Å². The number of hydrazone groups is 1. The average Bonchev–Trinajstić information content (AvgIpc) is 2.86. The van der Waals surface area contributed by atoms with Crippen LogP contribution in [0, 0.1) is 0 Å². The molecular formula is C17H14BrClN2O. The zero-order valence-corrected chi connectivity index (χ0v) is 14.1. The van der Waals surface area contributed by atoms with Gasteiger partial charge >= 0.3 is 0 Å². The quantitative estimate of drug-likeness (QED) is 0.586. The number of hydrogen-bond acceptors (Lipinski definition) is 2. The monoisotopic (exact) mass is 376 g/mol. The summed E-state index contributed by atoms with van der Waals surface area (Å²) in [7, 11) is 0. The van der Waals surface area contributed by atoms with Crippen molar-refractivity contribution in [3.05, 3.63) is 70.7 Å². The second-order valence-corrected chi connectivity index (χ2v) is 6.52. The van der Waals surface area contributed by atoms with Gasteiger partial charge in [0.15, 0.2) is 0 Å². The van der Waals surface area contributed by atoms with E-state index in [0.717, 1.165) is 17.5 Å². The minimum absolute atomic E-state index is 0.0134. The molecule has 0 radical (unpaired) electrons. The maximum absolute atomic E-state index is 12.1. The van der Waals surface area contributed by atoms with E-state index in [4.69, 9.17) is 11.6 Å². The lowest BCUT2D eigenvalue weighted by Gasteiger charge is -2.14. The van der Waals surface area contributed by atoms with Crippen molar-refractivity contribution in [2.24, 2.45) is 5.10 Å². The third-order valence-corrected chi connectivity index (χ3v) is 4.69. The predicted octanol–water partition coefficient (Wildman–Crippen LogP) is 4.09. The van der Waals surface area contributed by atoms with Gasteiger partial charge in [0.1, 0.15) is 0 Å². The third kappa shape index (κ3) is 3.08. The van der Waals surface area contributed by atoms with Gasteiger partial charge in [-0.3, -0.25) is 4.79 Å². The fourth-order valence-electron chi connectivity index (χ4n) is 2.37. The van der Waals surface area contributed by atoms with E-state index in [9.17, 15) is 4.79 Å². The molecule has 0 saturated carbocycles. The van der Waals surface area contributed by atoms with Crippen molar-refractivity contribution >= 4 is 39.1 Å². The maximum atomic E-state index is 12.1. The Bertz CT molecular complexity index is 718. The van der Waals surface area contributed by atoms with Gasteiger partial charge in [0, 0.05) is 17.7 Å². The predicted molar refractivity (Wildman–Crippen MR) is 92.6 cm³/mol. The number of benzene rings is 2. The van der Waals surface area contributed by atoms with Crippen molar-refractivity contribution in [3.8, 4) is 0 Å². The Balaban J connectivity index is 2.08. The fourth-order valence-corrected chi connectivity index (χ4v) is 3.03. The van der Waals surface area contributed by atoms with Crippen molar-refractivity contribution < 1.29 is 4.79 Å². The van der Waals surface area contributed by atoms with Crippen molar-refractivity contribution in [3.63, 3.8) is 0 Å². The number of alkyl halides is 1. The van der Waals surface area contributed by atoms with E-state index in [2.05, 4.69) is 21.0 Å². The molecule has 1 unspecified atom stereocenters. The summed E-state index contributed by atoms with van der Waals surface area (Å²) >= 11 is 9.70. The lowest BCUT2D eigenvalue weighted by molar-refractivity contribution is -0.127. The van der Waals surface area contributed by atoms with E-state index in [1.807, 2.05) is 54.6 Å². The smallest absolute Gasteiger partial charge is 0.256 e. The summed E-state index contributed by atoms with van der Waals surface area (Å²) in [6.07, 6.45) is 0.757. The molecule has 0 bridgehead atoms. The largest absolute Gasteiger partial charge is 0.272 e. The molecule has 22 heavy (non-hydrogen) atoms. The Morgan fingerprint density at radius 3 is 2.45 bits per heavy atom. The molecule has 1 saturated heterocycles. The molecule has 112 valence electrons. The molecule has 0 aromatic heterocycles. The Labute approximate surface area is 142 Å². The van der Waals surface area contributed by atoms with Gasteiger partial charge in [-0.15, -0.1) is 0 Å². The molecule has 0 aliphatic carbocycles. The van der Waals surface area contributed by atoms with Gasteiger partial charge in [0.2, 0.25) is 0 Å². The summed E-state index contributed by atoms with van der Waals surface area (Å²) in [5, 5.41) is 6.73. The van der Waals surface area contributed by atoms with E-state index >= 15 is 0 Å². The number of nitrogens with zero attached hydrogens (tertiary/aromatic N) is 2. The zero-order valence-electron chi connectivity index (χ0n) is 11.7. The second-order valence-electron chi connectivity index (χ2n) is 5.01. The molecule has 1 amide bonds. The number of halogens is 2. The lowest BCUT2D eigenvalue weighted by Crippen LogP contribution is -2.24. The SMILES string of the molecule is O=C1C(Br)CCN1N=C(c1ccccc1)c1ccccc1Cl. The molecule has 5 heteroatoms. The molecule has 0 spiro atoms. The van der Waals surface area contributed by atoms with E-state index in [1.54, 1.807) is 0 Å². The number of rotatable bonds is 3. The highest BCUT2D eigenvalue weighted by Crippen LogP contribution is 2.23. The number of carbonyl (C=O) groups excluding carboxylic acids is 1. The van der Waals surface area contributed by atoms with Gasteiger partial charge in [-0.1, -0.05) is 76.1 Å². The van der Waals surface area contributed by atoms with Crippen LogP contribution in [0.2, 0.25) is 5.02 Å². The minimum Gasteiger partial charge on any atom is -0.272 e. The van der Waals surface area contributed by atoms with Crippen LogP contribution in [0.4, 0.5) is 0 Å². The van der Waals surface area contributed by atoms with Gasteiger partial charge < -0.3 is 0 Å². The van der Waals surface area contributed by atoms with Crippen LogP contribution in [0.25, 0.3) is 0 Å². The van der Waals surface area contributed by atoms with Crippen molar-refractivity contribution in [1.29, 1.82) is 0 Å². The molecule has 0 N–H and O–H groups in total. The van der Waals surface area contributed by atoms with Crippen LogP contribution in [0.5, 0.6) is 0 Å². The summed E-state index contributed by atoms with van der Waals surface area (Å²) < 4.78 is 0. The molecule has 3 nitrogen and oxygen atoms in total. The van der Waals surface area contributed by atoms with E-state index in [-0.39, 0.29) is 10.7 Å². The molecule has 3 rings (SSSR count). The highest BCUT2D eigenvalue weighted by Gasteiger charge is 2.30. The second kappa shape index (κ2) is 6.63.